The first-order valence-corrected chi connectivity index (χ1v) is 14.6. The Hall–Kier alpha value is -2.13. The van der Waals surface area contributed by atoms with Crippen molar-refractivity contribution < 1.29 is 28.5 Å². The van der Waals surface area contributed by atoms with Crippen molar-refractivity contribution in [3.05, 3.63) is 23.8 Å². The van der Waals surface area contributed by atoms with Gasteiger partial charge in [-0.15, -0.1) is 0 Å². The summed E-state index contributed by atoms with van der Waals surface area (Å²) in [6.07, 6.45) is 3.67. The van der Waals surface area contributed by atoms with Crippen LogP contribution in [0.4, 0.5) is 4.79 Å². The van der Waals surface area contributed by atoms with E-state index in [1.165, 1.54) is 0 Å². The number of rotatable bonds is 6. The van der Waals surface area contributed by atoms with Gasteiger partial charge in [-0.05, 0) is 72.0 Å². The topological polar surface area (TPSA) is 86.3 Å². The van der Waals surface area contributed by atoms with Gasteiger partial charge in [0.2, 0.25) is 5.91 Å². The summed E-state index contributed by atoms with van der Waals surface area (Å²) in [4.78, 5) is 28.0. The second kappa shape index (κ2) is 10.9. The van der Waals surface area contributed by atoms with Crippen LogP contribution in [0.1, 0.15) is 65.5 Å². The highest BCUT2D eigenvalue weighted by atomic mass is 32.2. The number of piperidine rings is 1. The van der Waals surface area contributed by atoms with Crippen molar-refractivity contribution in [2.24, 2.45) is 11.8 Å². The molecule has 3 aliphatic heterocycles. The normalized spacial score (nSPS) is 27.1. The fourth-order valence-corrected chi connectivity index (χ4v) is 6.29. The molecule has 1 aromatic rings. The lowest BCUT2D eigenvalue weighted by Crippen LogP contribution is -2.58. The first kappa shape index (κ1) is 27.9. The van der Waals surface area contributed by atoms with Crippen LogP contribution in [-0.4, -0.2) is 72.5 Å². The molecular weight excluding hydrogens is 492 g/mol. The van der Waals surface area contributed by atoms with E-state index in [0.717, 1.165) is 35.7 Å². The Kier molecular flexibility index (Phi) is 8.24. The number of hydrogen-bond donors (Lipinski definition) is 1. The number of carbonyl (C=O) groups is 2. The van der Waals surface area contributed by atoms with Gasteiger partial charge < -0.3 is 29.2 Å². The van der Waals surface area contributed by atoms with Gasteiger partial charge in [0.1, 0.15) is 17.2 Å². The van der Waals surface area contributed by atoms with Crippen molar-refractivity contribution in [1.29, 1.82) is 0 Å². The molecule has 5 atom stereocenters. The maximum Gasteiger partial charge on any atom is 0.408 e. The Balaban J connectivity index is 1.48. The van der Waals surface area contributed by atoms with E-state index in [0.29, 0.717) is 19.5 Å². The molecule has 0 bridgehead atoms. The molecule has 2 fully saturated rings. The van der Waals surface area contributed by atoms with Gasteiger partial charge in [-0.25, -0.2) is 4.79 Å². The minimum atomic E-state index is -0.622. The van der Waals surface area contributed by atoms with Gasteiger partial charge in [0, 0.05) is 30.5 Å². The number of benzene rings is 1. The van der Waals surface area contributed by atoms with Crippen molar-refractivity contribution in [3.8, 4) is 11.5 Å². The number of likely N-dealkylation sites (tertiary alicyclic amines) is 1. The predicted octanol–water partition coefficient (Wildman–Crippen LogP) is 4.81. The zero-order valence-electron chi connectivity index (χ0n) is 23.2. The number of nitrogens with one attached hydrogen (secondary N) is 1. The number of ether oxygens (including phenoxy) is 4. The lowest BCUT2D eigenvalue weighted by molar-refractivity contribution is -0.189. The van der Waals surface area contributed by atoms with Crippen LogP contribution in [0.2, 0.25) is 0 Å². The summed E-state index contributed by atoms with van der Waals surface area (Å²) in [5.41, 5.74) is -0.0227. The van der Waals surface area contributed by atoms with Crippen molar-refractivity contribution in [2.45, 2.75) is 83.3 Å². The third kappa shape index (κ3) is 6.14. The van der Waals surface area contributed by atoms with Gasteiger partial charge in [0.05, 0.1) is 19.3 Å². The summed E-state index contributed by atoms with van der Waals surface area (Å²) in [5, 5.41) is 2.83. The van der Waals surface area contributed by atoms with E-state index < -0.39 is 23.3 Å². The minimum Gasteiger partial charge on any atom is -0.493 e. The van der Waals surface area contributed by atoms with E-state index in [9.17, 15) is 9.59 Å². The smallest absolute Gasteiger partial charge is 0.408 e. The summed E-state index contributed by atoms with van der Waals surface area (Å²) in [6, 6.07) is 5.37. The maximum absolute atomic E-state index is 13.6. The summed E-state index contributed by atoms with van der Waals surface area (Å²) in [6.45, 7) is 10.9. The SMILES string of the molecule is COc1cccc2c1OC(C)(C)[C@@H]1C[C@H]3CN(C(=O)[C@@H](CCSC)NC(=O)OC(C)(C)C)CC[C@H]3O[C@@H]21. The number of fused-ring (bicyclic) bond motifs is 4. The molecule has 2 saturated heterocycles. The Morgan fingerprint density at radius 2 is 2.05 bits per heavy atom. The molecule has 4 rings (SSSR count). The molecule has 0 saturated carbocycles. The van der Waals surface area contributed by atoms with Crippen LogP contribution in [0.15, 0.2) is 18.2 Å². The zero-order chi connectivity index (χ0) is 27.0. The van der Waals surface area contributed by atoms with Gasteiger partial charge in [-0.1, -0.05) is 12.1 Å². The fraction of sp³-hybridized carbons (Fsp3) is 0.714. The van der Waals surface area contributed by atoms with Crippen molar-refractivity contribution in [1.82, 2.24) is 10.2 Å². The molecule has 8 nitrogen and oxygen atoms in total. The van der Waals surface area contributed by atoms with Gasteiger partial charge >= 0.3 is 6.09 Å². The monoisotopic (exact) mass is 534 g/mol. The number of methoxy groups -OCH3 is 1. The Morgan fingerprint density at radius 3 is 2.73 bits per heavy atom. The predicted molar refractivity (Wildman–Crippen MR) is 144 cm³/mol. The third-order valence-corrected chi connectivity index (χ3v) is 8.26. The molecule has 0 unspecified atom stereocenters. The van der Waals surface area contributed by atoms with Gasteiger partial charge in [0.25, 0.3) is 0 Å². The average molecular weight is 535 g/mol. The van der Waals surface area contributed by atoms with Crippen LogP contribution in [0.5, 0.6) is 11.5 Å². The van der Waals surface area contributed by atoms with Crippen LogP contribution in [0, 0.1) is 11.8 Å². The van der Waals surface area contributed by atoms with Gasteiger partial charge in [0.15, 0.2) is 11.5 Å². The van der Waals surface area contributed by atoms with Crippen LogP contribution in [0.3, 0.4) is 0 Å². The highest BCUT2D eigenvalue weighted by Gasteiger charge is 2.52. The molecule has 1 aromatic carbocycles. The lowest BCUT2D eigenvalue weighted by Gasteiger charge is -2.53. The summed E-state index contributed by atoms with van der Waals surface area (Å²) >= 11 is 1.66. The lowest BCUT2D eigenvalue weighted by atomic mass is 9.70. The standard InChI is InChI=1S/C28H42N2O6S/c1-27(2,3)36-26(32)29-20(12-14-37-7)25(31)30-13-11-21-17(16-30)15-19-23(34-21)18-9-8-10-22(33-6)24(18)35-28(19,4)5/h8-10,17,19-21,23H,11-16H2,1-7H3,(H,29,32)/t17-,19+,20+,21+,23-/m0/s1. The van der Waals surface area contributed by atoms with E-state index in [2.05, 4.69) is 25.2 Å². The van der Waals surface area contributed by atoms with Gasteiger partial charge in [-0.2, -0.15) is 11.8 Å². The summed E-state index contributed by atoms with van der Waals surface area (Å²) < 4.78 is 24.2. The van der Waals surface area contributed by atoms with E-state index in [-0.39, 0.29) is 30.0 Å². The molecule has 0 spiro atoms. The van der Waals surface area contributed by atoms with Crippen LogP contribution in [0.25, 0.3) is 0 Å². The first-order valence-electron chi connectivity index (χ1n) is 13.2. The number of alkyl carbamates (subject to hydrolysis) is 1. The zero-order valence-corrected chi connectivity index (χ0v) is 24.0. The Morgan fingerprint density at radius 1 is 1.30 bits per heavy atom. The number of amides is 2. The molecule has 37 heavy (non-hydrogen) atoms. The molecule has 3 aliphatic rings. The molecule has 0 aliphatic carbocycles. The van der Waals surface area contributed by atoms with Crippen molar-refractivity contribution in [2.75, 3.05) is 32.2 Å². The number of nitrogens with zero attached hydrogens (tertiary/aromatic N) is 1. The van der Waals surface area contributed by atoms with Crippen molar-refractivity contribution >= 4 is 23.8 Å². The van der Waals surface area contributed by atoms with Crippen LogP contribution in [-0.2, 0) is 14.3 Å². The highest BCUT2D eigenvalue weighted by Crippen LogP contribution is 2.55. The summed E-state index contributed by atoms with van der Waals surface area (Å²) in [5.74, 6) is 2.58. The number of thioether (sulfide) groups is 1. The summed E-state index contributed by atoms with van der Waals surface area (Å²) in [7, 11) is 1.66. The molecule has 9 heteroatoms. The molecule has 206 valence electrons. The minimum absolute atomic E-state index is 0.0466. The second-order valence-electron chi connectivity index (χ2n) is 11.8. The average Bonchev–Trinajstić information content (AvgIpc) is 2.83. The van der Waals surface area contributed by atoms with E-state index in [1.807, 2.05) is 44.1 Å². The quantitative estimate of drug-likeness (QED) is 0.561. The Bertz CT molecular complexity index is 993. The highest BCUT2D eigenvalue weighted by molar-refractivity contribution is 7.98. The molecule has 2 amide bonds. The molecular formula is C28H42N2O6S. The molecule has 0 radical (unpaired) electrons. The van der Waals surface area contributed by atoms with Crippen LogP contribution >= 0.6 is 11.8 Å². The van der Waals surface area contributed by atoms with Crippen LogP contribution < -0.4 is 14.8 Å². The van der Waals surface area contributed by atoms with Gasteiger partial charge in [-0.3, -0.25) is 4.79 Å². The largest absolute Gasteiger partial charge is 0.493 e. The van der Waals surface area contributed by atoms with Crippen molar-refractivity contribution in [3.63, 3.8) is 0 Å². The van der Waals surface area contributed by atoms with E-state index in [4.69, 9.17) is 18.9 Å². The third-order valence-electron chi connectivity index (χ3n) is 7.61. The number of hydrogen-bond acceptors (Lipinski definition) is 7. The first-order chi connectivity index (χ1) is 17.4. The molecule has 0 aromatic heterocycles. The maximum atomic E-state index is 13.6. The second-order valence-corrected chi connectivity index (χ2v) is 12.8. The number of carbonyl (C=O) groups excluding carboxylic acids is 2. The van der Waals surface area contributed by atoms with E-state index in [1.54, 1.807) is 18.9 Å². The number of para-hydroxylation sites is 1. The fourth-order valence-electron chi connectivity index (χ4n) is 5.82. The molecule has 1 N–H and O–H groups in total. The van der Waals surface area contributed by atoms with E-state index >= 15 is 0 Å². The Labute approximate surface area is 225 Å². The molecule has 3 heterocycles.